The van der Waals surface area contributed by atoms with Gasteiger partial charge in [-0.3, -0.25) is 0 Å². The second kappa shape index (κ2) is 6.94. The Labute approximate surface area is 155 Å². The van der Waals surface area contributed by atoms with Crippen LogP contribution < -0.4 is 0 Å². The maximum Gasteiger partial charge on any atom is 0.460 e. The fourth-order valence-corrected chi connectivity index (χ4v) is 1.95. The van der Waals surface area contributed by atoms with Crippen LogP contribution in [0.2, 0.25) is 0 Å². The number of carbonyl (C=O) groups is 1. The fraction of sp³-hybridized carbons (Fsp3) is 0.917. The van der Waals surface area contributed by atoms with Gasteiger partial charge in [0.05, 0.1) is 6.61 Å². The zero-order chi connectivity index (χ0) is 24.4. The minimum Gasteiger partial charge on any atom is -0.464 e. The van der Waals surface area contributed by atoms with E-state index < -0.39 is 66.5 Å². The quantitative estimate of drug-likeness (QED) is 0.285. The first-order chi connectivity index (χ1) is 13.0. The molecule has 2 unspecified atom stereocenters. The number of hydrogen-bond acceptors (Lipinski definition) is 3. The molecule has 1 saturated heterocycles. The minimum absolute atomic E-state index is 0.597. The molecular formula is C12H7F15O3. The summed E-state index contributed by atoms with van der Waals surface area (Å²) in [6.45, 7) is 0.444. The van der Waals surface area contributed by atoms with Crippen molar-refractivity contribution in [3.05, 3.63) is 0 Å². The average Bonchev–Trinajstić information content (AvgIpc) is 3.34. The monoisotopic (exact) mass is 484 g/mol. The van der Waals surface area contributed by atoms with Gasteiger partial charge < -0.3 is 9.47 Å². The zero-order valence-electron chi connectivity index (χ0n) is 13.8. The standard InChI is InChI=1S/C12H7F15O3/c1-2-29-5(28)3-4(30-3)6(13,14)7(15,16)8(17,18)9(19,20)10(21,22)11(23,24)12(25,26)27/h3-4H,2H2,1H3. The smallest absolute Gasteiger partial charge is 0.460 e. The first kappa shape index (κ1) is 26.4. The SMILES string of the molecule is CCOC(=O)C1OC1C(F)(F)C(F)(F)C(F)(F)C(F)(F)C(F)(F)C(F)(F)C(F)(F)F. The summed E-state index contributed by atoms with van der Waals surface area (Å²) in [5, 5.41) is 0. The number of ether oxygens (including phenoxy) is 2. The van der Waals surface area contributed by atoms with Crippen molar-refractivity contribution in [2.75, 3.05) is 6.61 Å². The first-order valence-electron chi connectivity index (χ1n) is 7.12. The lowest BCUT2D eigenvalue weighted by atomic mass is 9.89. The van der Waals surface area contributed by atoms with Gasteiger partial charge in [0, 0.05) is 0 Å². The van der Waals surface area contributed by atoms with Crippen LogP contribution in [0.5, 0.6) is 0 Å². The lowest BCUT2D eigenvalue weighted by Gasteiger charge is -2.41. The highest BCUT2D eigenvalue weighted by atomic mass is 19.4. The molecule has 0 amide bonds. The van der Waals surface area contributed by atoms with Crippen molar-refractivity contribution in [2.45, 2.75) is 60.8 Å². The van der Waals surface area contributed by atoms with Crippen LogP contribution in [0.15, 0.2) is 0 Å². The Kier molecular flexibility index (Phi) is 6.11. The van der Waals surface area contributed by atoms with Gasteiger partial charge in [0.25, 0.3) is 0 Å². The van der Waals surface area contributed by atoms with E-state index in [-0.39, 0.29) is 0 Å². The minimum atomic E-state index is -8.37. The molecule has 1 heterocycles. The van der Waals surface area contributed by atoms with E-state index in [9.17, 15) is 70.7 Å². The van der Waals surface area contributed by atoms with E-state index >= 15 is 0 Å². The predicted octanol–water partition coefficient (Wildman–Crippen LogP) is 4.69. The van der Waals surface area contributed by atoms with Gasteiger partial charge >= 0.3 is 47.7 Å². The Hall–Kier alpha value is -1.62. The molecule has 1 aliphatic rings. The van der Waals surface area contributed by atoms with Gasteiger partial charge in [-0.2, -0.15) is 65.9 Å². The highest BCUT2D eigenvalue weighted by Crippen LogP contribution is 2.63. The van der Waals surface area contributed by atoms with E-state index in [1.165, 1.54) is 0 Å². The lowest BCUT2D eigenvalue weighted by Crippen LogP contribution is -2.73. The van der Waals surface area contributed by atoms with Crippen LogP contribution >= 0.6 is 0 Å². The van der Waals surface area contributed by atoms with Gasteiger partial charge in [-0.05, 0) is 6.92 Å². The molecule has 30 heavy (non-hydrogen) atoms. The summed E-state index contributed by atoms with van der Waals surface area (Å²) < 4.78 is 202. The molecule has 0 aromatic carbocycles. The lowest BCUT2D eigenvalue weighted by molar-refractivity contribution is -0.453. The third kappa shape index (κ3) is 3.34. The molecule has 1 fully saturated rings. The topological polar surface area (TPSA) is 38.8 Å². The van der Waals surface area contributed by atoms with Crippen molar-refractivity contribution >= 4 is 5.97 Å². The van der Waals surface area contributed by atoms with Crippen LogP contribution in [-0.2, 0) is 14.3 Å². The van der Waals surface area contributed by atoms with E-state index in [0.717, 1.165) is 6.92 Å². The molecule has 178 valence electrons. The summed E-state index contributed by atoms with van der Waals surface area (Å²) in [6, 6.07) is 0. The molecule has 0 aromatic rings. The van der Waals surface area contributed by atoms with E-state index in [2.05, 4.69) is 9.47 Å². The van der Waals surface area contributed by atoms with Crippen molar-refractivity contribution in [2.24, 2.45) is 0 Å². The van der Waals surface area contributed by atoms with Gasteiger partial charge in [0.15, 0.2) is 12.2 Å². The summed E-state index contributed by atoms with van der Waals surface area (Å²) >= 11 is 0. The number of rotatable bonds is 8. The fourth-order valence-electron chi connectivity index (χ4n) is 1.95. The summed E-state index contributed by atoms with van der Waals surface area (Å²) in [5.41, 5.74) is 0. The molecule has 1 aliphatic heterocycles. The molecule has 0 radical (unpaired) electrons. The molecule has 0 saturated carbocycles. The Balaban J connectivity index is 3.41. The third-order valence-corrected chi connectivity index (χ3v) is 3.72. The van der Waals surface area contributed by atoms with E-state index in [4.69, 9.17) is 0 Å². The predicted molar refractivity (Wildman–Crippen MR) is 61.0 cm³/mol. The Morgan fingerprint density at radius 2 is 1.07 bits per heavy atom. The largest absolute Gasteiger partial charge is 0.464 e. The van der Waals surface area contributed by atoms with E-state index in [1.807, 2.05) is 0 Å². The second-order valence-electron chi connectivity index (χ2n) is 5.72. The van der Waals surface area contributed by atoms with Crippen LogP contribution in [-0.4, -0.2) is 66.5 Å². The first-order valence-corrected chi connectivity index (χ1v) is 7.12. The third-order valence-electron chi connectivity index (χ3n) is 3.72. The summed E-state index contributed by atoms with van der Waals surface area (Å²) in [7, 11) is 0. The second-order valence-corrected chi connectivity index (χ2v) is 5.72. The van der Waals surface area contributed by atoms with E-state index in [1.54, 1.807) is 0 Å². The van der Waals surface area contributed by atoms with Crippen LogP contribution in [0.25, 0.3) is 0 Å². The van der Waals surface area contributed by atoms with Crippen LogP contribution in [0.4, 0.5) is 65.9 Å². The molecule has 3 nitrogen and oxygen atoms in total. The van der Waals surface area contributed by atoms with E-state index in [0.29, 0.717) is 0 Å². The van der Waals surface area contributed by atoms with Crippen molar-refractivity contribution in [3.8, 4) is 0 Å². The maximum absolute atomic E-state index is 13.6. The Morgan fingerprint density at radius 1 is 0.700 bits per heavy atom. The molecular weight excluding hydrogens is 477 g/mol. The van der Waals surface area contributed by atoms with Gasteiger partial charge in [-0.25, -0.2) is 4.79 Å². The maximum atomic E-state index is 13.6. The molecule has 18 heteroatoms. The van der Waals surface area contributed by atoms with Crippen LogP contribution in [0, 0.1) is 0 Å². The molecule has 0 spiro atoms. The van der Waals surface area contributed by atoms with Crippen LogP contribution in [0.1, 0.15) is 6.92 Å². The summed E-state index contributed by atoms with van der Waals surface area (Å²) in [5.74, 6) is -49.1. The Morgan fingerprint density at radius 3 is 1.43 bits per heavy atom. The summed E-state index contributed by atoms with van der Waals surface area (Å²) in [4.78, 5) is 11.0. The molecule has 0 N–H and O–H groups in total. The number of alkyl halides is 15. The zero-order valence-corrected chi connectivity index (χ0v) is 13.8. The van der Waals surface area contributed by atoms with Gasteiger partial charge in [0.1, 0.15) is 0 Å². The highest BCUT2D eigenvalue weighted by molar-refractivity contribution is 5.78. The van der Waals surface area contributed by atoms with Crippen LogP contribution in [0.3, 0.4) is 0 Å². The molecule has 1 rings (SSSR count). The molecule has 0 bridgehead atoms. The molecule has 0 aliphatic carbocycles. The van der Waals surface area contributed by atoms with Crippen molar-refractivity contribution in [1.29, 1.82) is 0 Å². The number of hydrogen-bond donors (Lipinski definition) is 0. The van der Waals surface area contributed by atoms with Gasteiger partial charge in [-0.15, -0.1) is 0 Å². The number of halogens is 15. The Bertz CT molecular complexity index is 668. The molecule has 2 atom stereocenters. The number of carbonyl (C=O) groups excluding carboxylic acids is 1. The average molecular weight is 484 g/mol. The number of epoxide rings is 1. The van der Waals surface area contributed by atoms with Gasteiger partial charge in [-0.1, -0.05) is 0 Å². The molecule has 0 aromatic heterocycles. The van der Waals surface area contributed by atoms with Crippen molar-refractivity contribution < 1.29 is 80.1 Å². The summed E-state index contributed by atoms with van der Waals surface area (Å²) in [6.07, 6.45) is -14.1. The normalized spacial score (nSPS) is 22.1. The van der Waals surface area contributed by atoms with Crippen molar-refractivity contribution in [3.63, 3.8) is 0 Å². The highest BCUT2D eigenvalue weighted by Gasteiger charge is 2.94. The van der Waals surface area contributed by atoms with Crippen molar-refractivity contribution in [1.82, 2.24) is 0 Å². The van der Waals surface area contributed by atoms with Gasteiger partial charge in [0.2, 0.25) is 0 Å². The number of esters is 1.